The smallest absolute Gasteiger partial charge is 0.0713 e. The molecule has 1 heterocycles. The third-order valence-corrected chi connectivity index (χ3v) is 3.87. The summed E-state index contributed by atoms with van der Waals surface area (Å²) in [5.41, 5.74) is 7.84. The van der Waals surface area contributed by atoms with Crippen molar-refractivity contribution >= 4 is 0 Å². The van der Waals surface area contributed by atoms with Crippen LogP contribution in [0.3, 0.4) is 0 Å². The van der Waals surface area contributed by atoms with E-state index in [4.69, 9.17) is 5.73 Å². The molecule has 0 aliphatic heterocycles. The van der Waals surface area contributed by atoms with E-state index in [-0.39, 0.29) is 12.0 Å². The monoisotopic (exact) mass is 206 g/mol. The lowest BCUT2D eigenvalue weighted by molar-refractivity contribution is 0.0629. The molecule has 0 fully saturated rings. The van der Waals surface area contributed by atoms with Gasteiger partial charge in [0.05, 0.1) is 12.1 Å². The summed E-state index contributed by atoms with van der Waals surface area (Å²) >= 11 is 0. The van der Waals surface area contributed by atoms with Crippen LogP contribution in [0.5, 0.6) is 0 Å². The summed E-state index contributed by atoms with van der Waals surface area (Å²) in [6, 6.07) is 2.00. The molecule has 1 aliphatic carbocycles. The first kappa shape index (κ1) is 10.6. The lowest BCUT2D eigenvalue weighted by Gasteiger charge is -2.47. The van der Waals surface area contributed by atoms with E-state index in [0.29, 0.717) is 0 Å². The summed E-state index contributed by atoms with van der Waals surface area (Å²) in [6.07, 6.45) is 5.60. The fourth-order valence-electron chi connectivity index (χ4n) is 2.38. The first-order valence-electron chi connectivity index (χ1n) is 5.34. The van der Waals surface area contributed by atoms with Crippen molar-refractivity contribution in [2.75, 3.05) is 6.61 Å². The van der Waals surface area contributed by atoms with Crippen LogP contribution in [0.1, 0.15) is 31.4 Å². The topological polar surface area (TPSA) is 59.1 Å². The maximum absolute atomic E-state index is 9.58. The van der Waals surface area contributed by atoms with Crippen molar-refractivity contribution in [1.29, 1.82) is 0 Å². The van der Waals surface area contributed by atoms with E-state index < -0.39 is 5.54 Å². The van der Waals surface area contributed by atoms with Gasteiger partial charge < -0.3 is 10.8 Å². The van der Waals surface area contributed by atoms with Crippen molar-refractivity contribution in [3.63, 3.8) is 0 Å². The highest BCUT2D eigenvalue weighted by molar-refractivity contribution is 5.36. The van der Waals surface area contributed by atoms with Gasteiger partial charge in [-0.2, -0.15) is 0 Å². The molecule has 82 valence electrons. The van der Waals surface area contributed by atoms with E-state index >= 15 is 0 Å². The maximum Gasteiger partial charge on any atom is 0.0713 e. The number of aliphatic hydroxyl groups is 1. The zero-order chi connectivity index (χ0) is 11.1. The molecular formula is C12H18N2O. The molecule has 1 unspecified atom stereocenters. The second-order valence-corrected chi connectivity index (χ2v) is 5.05. The van der Waals surface area contributed by atoms with Gasteiger partial charge in [0.2, 0.25) is 0 Å². The highest BCUT2D eigenvalue weighted by Crippen LogP contribution is 2.45. The Hall–Kier alpha value is -0.930. The number of nitrogens with two attached hydrogens (primary N) is 1. The Balaban J connectivity index is 2.58. The number of hydrogen-bond acceptors (Lipinski definition) is 3. The Bertz CT molecular complexity index is 376. The third-order valence-electron chi connectivity index (χ3n) is 3.87. The van der Waals surface area contributed by atoms with E-state index in [1.54, 1.807) is 12.4 Å². The number of fused-ring (bicyclic) bond motifs is 1. The van der Waals surface area contributed by atoms with Crippen LogP contribution >= 0.6 is 0 Å². The van der Waals surface area contributed by atoms with Crippen molar-refractivity contribution in [2.45, 2.75) is 32.2 Å². The van der Waals surface area contributed by atoms with Crippen molar-refractivity contribution in [3.8, 4) is 0 Å². The summed E-state index contributed by atoms with van der Waals surface area (Å²) in [7, 11) is 0. The van der Waals surface area contributed by atoms with Gasteiger partial charge in [-0.05, 0) is 35.4 Å². The van der Waals surface area contributed by atoms with Crippen molar-refractivity contribution in [2.24, 2.45) is 11.1 Å². The Morgan fingerprint density at radius 2 is 2.27 bits per heavy atom. The summed E-state index contributed by atoms with van der Waals surface area (Å²) in [5.74, 6) is 0. The van der Waals surface area contributed by atoms with Gasteiger partial charge in [-0.25, -0.2) is 0 Å². The average Bonchev–Trinajstić information content (AvgIpc) is 2.24. The molecule has 0 aromatic carbocycles. The predicted octanol–water partition coefficient (Wildman–Crippen LogP) is 1.20. The highest BCUT2D eigenvalue weighted by atomic mass is 16.3. The largest absolute Gasteiger partial charge is 0.394 e. The predicted molar refractivity (Wildman–Crippen MR) is 59.3 cm³/mol. The molecule has 1 aliphatic rings. The molecule has 0 amide bonds. The summed E-state index contributed by atoms with van der Waals surface area (Å²) in [4.78, 5) is 4.12. The fraction of sp³-hybridized carbons (Fsp3) is 0.583. The summed E-state index contributed by atoms with van der Waals surface area (Å²) in [6.45, 7) is 4.19. The number of aryl methyl sites for hydroxylation is 1. The Kier molecular flexibility index (Phi) is 2.32. The molecule has 0 radical (unpaired) electrons. The highest BCUT2D eigenvalue weighted by Gasteiger charge is 2.46. The molecule has 0 saturated carbocycles. The van der Waals surface area contributed by atoms with Crippen LogP contribution in [0, 0.1) is 5.41 Å². The van der Waals surface area contributed by atoms with Gasteiger partial charge in [0.1, 0.15) is 0 Å². The number of rotatable bonds is 1. The van der Waals surface area contributed by atoms with Gasteiger partial charge in [0.15, 0.2) is 0 Å². The average molecular weight is 206 g/mol. The van der Waals surface area contributed by atoms with Crippen LogP contribution in [0.15, 0.2) is 18.5 Å². The lowest BCUT2D eigenvalue weighted by atomic mass is 9.62. The van der Waals surface area contributed by atoms with E-state index in [1.165, 1.54) is 5.56 Å². The van der Waals surface area contributed by atoms with Gasteiger partial charge in [0, 0.05) is 12.4 Å². The van der Waals surface area contributed by atoms with Crippen LogP contribution in [0.25, 0.3) is 0 Å². The summed E-state index contributed by atoms with van der Waals surface area (Å²) < 4.78 is 0. The Morgan fingerprint density at radius 1 is 1.53 bits per heavy atom. The van der Waals surface area contributed by atoms with Crippen molar-refractivity contribution < 1.29 is 5.11 Å². The molecule has 3 N–H and O–H groups in total. The molecule has 15 heavy (non-hydrogen) atoms. The quantitative estimate of drug-likeness (QED) is 0.726. The summed E-state index contributed by atoms with van der Waals surface area (Å²) in [5, 5.41) is 9.58. The van der Waals surface area contributed by atoms with Gasteiger partial charge in [-0.1, -0.05) is 13.8 Å². The van der Waals surface area contributed by atoms with Crippen molar-refractivity contribution in [3.05, 3.63) is 29.6 Å². The van der Waals surface area contributed by atoms with Gasteiger partial charge in [-0.15, -0.1) is 0 Å². The molecule has 1 aromatic heterocycles. The number of aliphatic hydroxyl groups excluding tert-OH is 1. The van der Waals surface area contributed by atoms with E-state index in [0.717, 1.165) is 18.4 Å². The third kappa shape index (κ3) is 1.38. The SMILES string of the molecule is CC1(C)CCc2ccncc2C1(N)CO. The Morgan fingerprint density at radius 3 is 2.93 bits per heavy atom. The minimum atomic E-state index is -0.658. The molecule has 1 atom stereocenters. The number of pyridine rings is 1. The van der Waals surface area contributed by atoms with E-state index in [1.807, 2.05) is 6.07 Å². The standard InChI is InChI=1S/C12H18N2O/c1-11(2)5-3-9-4-6-14-7-10(9)12(11,13)8-15/h4,6-7,15H,3,5,8,13H2,1-2H3. The molecule has 1 aromatic rings. The first-order chi connectivity index (χ1) is 7.01. The van der Waals surface area contributed by atoms with Gasteiger partial charge >= 0.3 is 0 Å². The van der Waals surface area contributed by atoms with Crippen LogP contribution < -0.4 is 5.73 Å². The van der Waals surface area contributed by atoms with Gasteiger partial charge in [0.25, 0.3) is 0 Å². The van der Waals surface area contributed by atoms with Crippen LogP contribution in [0.2, 0.25) is 0 Å². The molecule has 0 saturated heterocycles. The van der Waals surface area contributed by atoms with Gasteiger partial charge in [-0.3, -0.25) is 4.98 Å². The molecule has 0 bridgehead atoms. The molecule has 3 heteroatoms. The second kappa shape index (κ2) is 3.29. The number of aromatic nitrogens is 1. The number of hydrogen-bond donors (Lipinski definition) is 2. The minimum absolute atomic E-state index is 0.0291. The molecule has 0 spiro atoms. The lowest BCUT2D eigenvalue weighted by Crippen LogP contribution is -2.55. The number of nitrogens with zero attached hydrogens (tertiary/aromatic N) is 1. The fourth-order valence-corrected chi connectivity index (χ4v) is 2.38. The van der Waals surface area contributed by atoms with E-state index in [2.05, 4.69) is 18.8 Å². The molecule has 2 rings (SSSR count). The maximum atomic E-state index is 9.58. The Labute approximate surface area is 90.3 Å². The normalized spacial score (nSPS) is 28.5. The second-order valence-electron chi connectivity index (χ2n) is 5.05. The zero-order valence-corrected chi connectivity index (χ0v) is 9.33. The molecular weight excluding hydrogens is 188 g/mol. The zero-order valence-electron chi connectivity index (χ0n) is 9.33. The van der Waals surface area contributed by atoms with Crippen LogP contribution in [-0.2, 0) is 12.0 Å². The van der Waals surface area contributed by atoms with Crippen LogP contribution in [0.4, 0.5) is 0 Å². The van der Waals surface area contributed by atoms with Crippen molar-refractivity contribution in [1.82, 2.24) is 4.98 Å². The minimum Gasteiger partial charge on any atom is -0.394 e. The van der Waals surface area contributed by atoms with E-state index in [9.17, 15) is 5.11 Å². The first-order valence-corrected chi connectivity index (χ1v) is 5.34. The van der Waals surface area contributed by atoms with Crippen LogP contribution in [-0.4, -0.2) is 16.7 Å². The molecule has 3 nitrogen and oxygen atoms in total.